The summed E-state index contributed by atoms with van der Waals surface area (Å²) in [6.45, 7) is 1.04. The molecule has 1 fully saturated rings. The van der Waals surface area contributed by atoms with Gasteiger partial charge in [0.25, 0.3) is 0 Å². The molecular formula is C16H19NO10S. The fraction of sp³-hybridized carbons (Fsp3) is 0.438. The number of aliphatic hydroxyl groups is 3. The van der Waals surface area contributed by atoms with E-state index in [1.165, 1.54) is 18.2 Å². The number of hydrogen-bond donors (Lipinski definition) is 5. The topological polar surface area (TPSA) is 176 Å². The largest absolute Gasteiger partial charge is 0.463 e. The van der Waals surface area contributed by atoms with Gasteiger partial charge in [-0.15, -0.1) is 0 Å². The third-order valence-corrected chi connectivity index (χ3v) is 4.91. The highest BCUT2D eigenvalue weighted by atomic mass is 32.2. The zero-order chi connectivity index (χ0) is 20.6. The Hall–Kier alpha value is -2.06. The van der Waals surface area contributed by atoms with Crippen molar-refractivity contribution in [1.82, 2.24) is 4.72 Å². The standard InChI is InChI=1S/C16H19NO10S/c1-7-4-12(19)26-10-5-8(2-3-9(7)10)25-16-13(17-28(22,23)24)15(21)14(20)11(6-18)27-16/h2-5,11,13-18,20-21H,6H2,1H3,(H,22,23,24)/t11-,13-,14-,15-,16+/m1/s1. The van der Waals surface area contributed by atoms with E-state index >= 15 is 0 Å². The molecule has 0 unspecified atom stereocenters. The SMILES string of the molecule is Cc1cc(=O)oc2cc(O[C@H]3O[C@H](CO)[C@@H](O)[C@H](O)[C@H]3NS(=O)(=O)O)ccc12. The normalized spacial score (nSPS) is 28.4. The Morgan fingerprint density at radius 2 is 1.93 bits per heavy atom. The van der Waals surface area contributed by atoms with E-state index in [1.54, 1.807) is 17.7 Å². The molecule has 1 aliphatic rings. The summed E-state index contributed by atoms with van der Waals surface area (Å²) < 4.78 is 49.1. The van der Waals surface area contributed by atoms with E-state index in [9.17, 15) is 28.5 Å². The van der Waals surface area contributed by atoms with Gasteiger partial charge in [-0.2, -0.15) is 13.1 Å². The Balaban J connectivity index is 1.94. The molecule has 12 heteroatoms. The molecule has 5 atom stereocenters. The smallest absolute Gasteiger partial charge is 0.336 e. The molecule has 3 rings (SSSR count). The van der Waals surface area contributed by atoms with Crippen LogP contribution in [0.15, 0.2) is 33.5 Å². The van der Waals surface area contributed by atoms with Gasteiger partial charge >= 0.3 is 15.9 Å². The summed E-state index contributed by atoms with van der Waals surface area (Å²) in [5.41, 5.74) is 0.314. The third kappa shape index (κ3) is 4.33. The Morgan fingerprint density at radius 3 is 2.57 bits per heavy atom. The van der Waals surface area contributed by atoms with Crippen LogP contribution in [-0.2, 0) is 15.0 Å². The third-order valence-electron chi connectivity index (χ3n) is 4.34. The van der Waals surface area contributed by atoms with Crippen LogP contribution in [0.1, 0.15) is 5.56 Å². The lowest BCUT2D eigenvalue weighted by Crippen LogP contribution is -2.65. The van der Waals surface area contributed by atoms with Gasteiger partial charge in [0.15, 0.2) is 0 Å². The number of ether oxygens (including phenoxy) is 2. The van der Waals surface area contributed by atoms with Crippen LogP contribution >= 0.6 is 0 Å². The lowest BCUT2D eigenvalue weighted by Gasteiger charge is -2.41. The summed E-state index contributed by atoms with van der Waals surface area (Å²) in [4.78, 5) is 11.5. The predicted molar refractivity (Wildman–Crippen MR) is 94.1 cm³/mol. The van der Waals surface area contributed by atoms with Gasteiger partial charge in [-0.3, -0.25) is 4.55 Å². The van der Waals surface area contributed by atoms with Crippen molar-refractivity contribution < 1.29 is 42.2 Å². The van der Waals surface area contributed by atoms with Crippen LogP contribution in [0.4, 0.5) is 0 Å². The van der Waals surface area contributed by atoms with E-state index in [-0.39, 0.29) is 11.3 Å². The minimum absolute atomic E-state index is 0.0914. The molecule has 11 nitrogen and oxygen atoms in total. The minimum Gasteiger partial charge on any atom is -0.463 e. The quantitative estimate of drug-likeness (QED) is 0.290. The van der Waals surface area contributed by atoms with E-state index < -0.39 is 53.2 Å². The second kappa shape index (κ2) is 7.75. The summed E-state index contributed by atoms with van der Waals surface area (Å²) in [5.74, 6) is 0.0914. The predicted octanol–water partition coefficient (Wildman–Crippen LogP) is -1.32. The van der Waals surface area contributed by atoms with Crippen molar-refractivity contribution >= 4 is 21.3 Å². The first kappa shape index (κ1) is 20.7. The highest BCUT2D eigenvalue weighted by molar-refractivity contribution is 7.83. The average molecular weight is 417 g/mol. The van der Waals surface area contributed by atoms with Crippen LogP contribution in [0.25, 0.3) is 11.0 Å². The van der Waals surface area contributed by atoms with Gasteiger partial charge in [0, 0.05) is 17.5 Å². The lowest BCUT2D eigenvalue weighted by atomic mass is 9.98. The number of rotatable bonds is 5. The van der Waals surface area contributed by atoms with Crippen molar-refractivity contribution in [3.8, 4) is 5.75 Å². The zero-order valence-corrected chi connectivity index (χ0v) is 15.4. The number of hydrogen-bond acceptors (Lipinski definition) is 9. The van der Waals surface area contributed by atoms with Crippen LogP contribution < -0.4 is 15.1 Å². The van der Waals surface area contributed by atoms with Crippen LogP contribution in [0, 0.1) is 6.92 Å². The van der Waals surface area contributed by atoms with Crippen molar-refractivity contribution in [1.29, 1.82) is 0 Å². The zero-order valence-electron chi connectivity index (χ0n) is 14.5. The van der Waals surface area contributed by atoms with Gasteiger partial charge in [0.2, 0.25) is 6.29 Å². The van der Waals surface area contributed by atoms with Crippen LogP contribution in [0.5, 0.6) is 5.75 Å². The van der Waals surface area contributed by atoms with Crippen molar-refractivity contribution in [3.63, 3.8) is 0 Å². The number of aliphatic hydroxyl groups excluding tert-OH is 3. The molecule has 0 spiro atoms. The van der Waals surface area contributed by atoms with E-state index in [0.29, 0.717) is 10.9 Å². The molecule has 0 radical (unpaired) electrons. The Morgan fingerprint density at radius 1 is 1.21 bits per heavy atom. The van der Waals surface area contributed by atoms with Gasteiger partial charge in [-0.1, -0.05) is 0 Å². The highest BCUT2D eigenvalue weighted by Gasteiger charge is 2.47. The molecule has 1 aliphatic heterocycles. The maximum atomic E-state index is 11.5. The maximum Gasteiger partial charge on any atom is 0.336 e. The Labute approximate surface area is 159 Å². The minimum atomic E-state index is -4.78. The summed E-state index contributed by atoms with van der Waals surface area (Å²) in [6, 6.07) is 4.19. The molecule has 1 aromatic heterocycles. The summed E-state index contributed by atoms with van der Waals surface area (Å²) in [7, 11) is -4.78. The van der Waals surface area contributed by atoms with Gasteiger partial charge in [-0.25, -0.2) is 4.79 Å². The number of fused-ring (bicyclic) bond motifs is 1. The van der Waals surface area contributed by atoms with Crippen molar-refractivity contribution in [2.75, 3.05) is 6.61 Å². The van der Waals surface area contributed by atoms with Crippen molar-refractivity contribution in [2.45, 2.75) is 37.6 Å². The van der Waals surface area contributed by atoms with E-state index in [1.807, 2.05) is 0 Å². The number of benzene rings is 1. The fourth-order valence-corrected chi connectivity index (χ4v) is 3.59. The molecule has 0 amide bonds. The molecule has 1 aromatic carbocycles. The van der Waals surface area contributed by atoms with Crippen molar-refractivity contribution in [2.24, 2.45) is 0 Å². The number of nitrogens with one attached hydrogen (secondary N) is 1. The molecule has 0 aliphatic carbocycles. The van der Waals surface area contributed by atoms with Gasteiger partial charge in [0.1, 0.15) is 35.7 Å². The molecule has 0 saturated carbocycles. The summed E-state index contributed by atoms with van der Waals surface area (Å²) >= 11 is 0. The number of aryl methyl sites for hydroxylation is 1. The van der Waals surface area contributed by atoms with Crippen LogP contribution in [0.2, 0.25) is 0 Å². The lowest BCUT2D eigenvalue weighted by molar-refractivity contribution is -0.242. The molecule has 0 bridgehead atoms. The second-order valence-electron chi connectivity index (χ2n) is 6.35. The average Bonchev–Trinajstić information content (AvgIpc) is 2.59. The van der Waals surface area contributed by atoms with Gasteiger partial charge in [-0.05, 0) is 24.6 Å². The van der Waals surface area contributed by atoms with E-state index in [2.05, 4.69) is 0 Å². The maximum absolute atomic E-state index is 11.5. The van der Waals surface area contributed by atoms with E-state index in [4.69, 9.17) is 18.4 Å². The molecule has 2 heterocycles. The van der Waals surface area contributed by atoms with Gasteiger partial charge in [0.05, 0.1) is 6.61 Å². The van der Waals surface area contributed by atoms with Gasteiger partial charge < -0.3 is 29.2 Å². The molecular weight excluding hydrogens is 398 g/mol. The first-order chi connectivity index (χ1) is 13.1. The monoisotopic (exact) mass is 417 g/mol. The molecule has 5 N–H and O–H groups in total. The highest BCUT2D eigenvalue weighted by Crippen LogP contribution is 2.27. The first-order valence-corrected chi connectivity index (χ1v) is 9.61. The Bertz CT molecular complexity index is 1020. The molecule has 28 heavy (non-hydrogen) atoms. The first-order valence-electron chi connectivity index (χ1n) is 8.17. The fourth-order valence-electron chi connectivity index (χ4n) is 2.99. The summed E-state index contributed by atoms with van der Waals surface area (Å²) in [6.07, 6.45) is -6.17. The molecule has 154 valence electrons. The van der Waals surface area contributed by atoms with Crippen LogP contribution in [0.3, 0.4) is 0 Å². The second-order valence-corrected chi connectivity index (χ2v) is 7.54. The molecule has 1 saturated heterocycles. The van der Waals surface area contributed by atoms with E-state index in [0.717, 1.165) is 0 Å². The summed E-state index contributed by atoms with van der Waals surface area (Å²) in [5, 5.41) is 30.1. The van der Waals surface area contributed by atoms with Crippen LogP contribution in [-0.4, -0.2) is 65.5 Å². The Kier molecular flexibility index (Phi) is 5.72. The molecule has 2 aromatic rings. The van der Waals surface area contributed by atoms with Crippen molar-refractivity contribution in [3.05, 3.63) is 40.2 Å².